The van der Waals surface area contributed by atoms with Crippen LogP contribution in [0.25, 0.3) is 53.1 Å². The highest BCUT2D eigenvalue weighted by atomic mass is 32.1. The number of thiophene rings is 1. The van der Waals surface area contributed by atoms with Crippen molar-refractivity contribution in [1.82, 2.24) is 4.57 Å². The molecule has 2 heterocycles. The SMILES string of the molecule is C=NC(=N/C(=N\Cn1c2ccc(C(C)(C)C)cc2c2ccc3c4cc(-c5ccccc5)ccc4sc3c21)c1ccccc1)c1ccccc1. The van der Waals surface area contributed by atoms with Crippen molar-refractivity contribution in [2.75, 3.05) is 0 Å². The highest BCUT2D eigenvalue weighted by Gasteiger charge is 2.20. The lowest BCUT2D eigenvalue weighted by atomic mass is 9.86. The number of aromatic nitrogens is 1. The molecular weight excluding hydrogens is 617 g/mol. The molecule has 4 nitrogen and oxygen atoms in total. The first-order valence-corrected chi connectivity index (χ1v) is 17.4. The van der Waals surface area contributed by atoms with Crippen molar-refractivity contribution in [1.29, 1.82) is 0 Å². The lowest BCUT2D eigenvalue weighted by molar-refractivity contribution is 0.591. The number of amidine groups is 2. The number of fused-ring (bicyclic) bond motifs is 7. The van der Waals surface area contributed by atoms with Crippen LogP contribution in [0.1, 0.15) is 37.5 Å². The van der Waals surface area contributed by atoms with Gasteiger partial charge in [-0.3, -0.25) is 0 Å². The Morgan fingerprint density at radius 3 is 1.96 bits per heavy atom. The average molecular weight is 653 g/mol. The third kappa shape index (κ3) is 5.66. The molecule has 5 heteroatoms. The topological polar surface area (TPSA) is 42.0 Å². The molecule has 0 fully saturated rings. The highest BCUT2D eigenvalue weighted by molar-refractivity contribution is 7.26. The molecule has 0 aliphatic heterocycles. The first-order valence-electron chi connectivity index (χ1n) is 16.6. The number of hydrogen-bond acceptors (Lipinski definition) is 2. The summed E-state index contributed by atoms with van der Waals surface area (Å²) in [6.45, 7) is 11.1. The van der Waals surface area contributed by atoms with Gasteiger partial charge in [-0.25, -0.2) is 15.0 Å². The van der Waals surface area contributed by atoms with E-state index >= 15 is 0 Å². The maximum absolute atomic E-state index is 5.24. The molecule has 0 radical (unpaired) electrons. The Morgan fingerprint density at radius 1 is 0.633 bits per heavy atom. The van der Waals surface area contributed by atoms with Crippen LogP contribution in [0.2, 0.25) is 0 Å². The van der Waals surface area contributed by atoms with Crippen LogP contribution in [0.5, 0.6) is 0 Å². The minimum absolute atomic E-state index is 0.0248. The van der Waals surface area contributed by atoms with E-state index in [-0.39, 0.29) is 5.41 Å². The van der Waals surface area contributed by atoms with Gasteiger partial charge in [-0.1, -0.05) is 136 Å². The Kier molecular flexibility index (Phi) is 7.77. The Morgan fingerprint density at radius 2 is 1.29 bits per heavy atom. The largest absolute Gasteiger partial charge is 0.319 e. The maximum atomic E-state index is 5.24. The van der Waals surface area contributed by atoms with Crippen LogP contribution in [-0.2, 0) is 12.1 Å². The predicted octanol–water partition coefficient (Wildman–Crippen LogP) is 11.7. The van der Waals surface area contributed by atoms with E-state index in [2.05, 4.69) is 116 Å². The number of benzene rings is 6. The van der Waals surface area contributed by atoms with Crippen LogP contribution in [0.3, 0.4) is 0 Å². The van der Waals surface area contributed by atoms with Gasteiger partial charge in [0.25, 0.3) is 0 Å². The van der Waals surface area contributed by atoms with Gasteiger partial charge in [0.15, 0.2) is 11.7 Å². The normalized spacial score (nSPS) is 12.8. The fraction of sp³-hybridized carbons (Fsp3) is 0.114. The Bertz CT molecular complexity index is 2550. The second-order valence-corrected chi connectivity index (χ2v) is 14.4. The Balaban J connectivity index is 1.37. The van der Waals surface area contributed by atoms with Crippen LogP contribution in [0.4, 0.5) is 0 Å². The number of aliphatic imine (C=N–C) groups is 3. The molecule has 0 unspecified atom stereocenters. The van der Waals surface area contributed by atoms with Gasteiger partial charge >= 0.3 is 0 Å². The summed E-state index contributed by atoms with van der Waals surface area (Å²) in [6, 6.07) is 49.1. The fourth-order valence-corrected chi connectivity index (χ4v) is 7.88. The van der Waals surface area contributed by atoms with E-state index in [9.17, 15) is 0 Å². The third-order valence-electron chi connectivity index (χ3n) is 9.22. The summed E-state index contributed by atoms with van der Waals surface area (Å²) in [4.78, 5) is 14.6. The summed E-state index contributed by atoms with van der Waals surface area (Å²) >= 11 is 1.86. The molecule has 0 saturated carbocycles. The summed E-state index contributed by atoms with van der Waals surface area (Å²) in [6.07, 6.45) is 0. The van der Waals surface area contributed by atoms with E-state index < -0.39 is 0 Å². The second-order valence-electron chi connectivity index (χ2n) is 13.4. The molecule has 49 heavy (non-hydrogen) atoms. The molecule has 0 N–H and O–H groups in total. The molecular formula is C44H36N4S. The summed E-state index contributed by atoms with van der Waals surface area (Å²) in [5.74, 6) is 1.16. The standard InChI is InChI=1S/C44H36N4S/c1-44(2,3)33-21-24-38-36(27-33)34-22-23-35-37-26-32(29-14-8-5-9-15-29)20-25-39(37)49-41(35)40(34)48(38)28-46-43(31-18-12-7-13-19-31)47-42(45-4)30-16-10-6-11-17-30/h5-27H,4,28H2,1-3H3/b46-43-,47-42?. The molecule has 0 saturated heterocycles. The predicted molar refractivity (Wildman–Crippen MR) is 212 cm³/mol. The molecule has 2 aromatic heterocycles. The lowest BCUT2D eigenvalue weighted by Gasteiger charge is -2.19. The van der Waals surface area contributed by atoms with Gasteiger partial charge in [0.1, 0.15) is 6.67 Å². The zero-order valence-electron chi connectivity index (χ0n) is 27.9. The van der Waals surface area contributed by atoms with E-state index in [1.54, 1.807) is 0 Å². The summed E-state index contributed by atoms with van der Waals surface area (Å²) in [5.41, 5.74) is 7.96. The summed E-state index contributed by atoms with van der Waals surface area (Å²) in [7, 11) is 0. The zero-order chi connectivity index (χ0) is 33.5. The van der Waals surface area contributed by atoms with E-state index in [4.69, 9.17) is 9.98 Å². The average Bonchev–Trinajstić information content (AvgIpc) is 3.67. The Labute approximate surface area is 290 Å². The molecule has 6 aromatic carbocycles. The number of hydrogen-bond donors (Lipinski definition) is 0. The lowest BCUT2D eigenvalue weighted by Crippen LogP contribution is -2.10. The number of nitrogens with zero attached hydrogens (tertiary/aromatic N) is 4. The third-order valence-corrected chi connectivity index (χ3v) is 10.4. The van der Waals surface area contributed by atoms with Crippen LogP contribution in [-0.4, -0.2) is 23.0 Å². The van der Waals surface area contributed by atoms with Crippen LogP contribution < -0.4 is 0 Å². The molecule has 0 bridgehead atoms. The van der Waals surface area contributed by atoms with Gasteiger partial charge in [0.2, 0.25) is 0 Å². The molecule has 0 aliphatic carbocycles. The van der Waals surface area contributed by atoms with Crippen molar-refractivity contribution in [3.8, 4) is 11.1 Å². The van der Waals surface area contributed by atoms with Crippen LogP contribution in [0.15, 0.2) is 155 Å². The molecule has 8 rings (SSSR count). The van der Waals surface area contributed by atoms with E-state index in [1.807, 2.05) is 72.0 Å². The maximum Gasteiger partial charge on any atom is 0.161 e. The van der Waals surface area contributed by atoms with Gasteiger partial charge in [0, 0.05) is 37.4 Å². The first kappa shape index (κ1) is 30.7. The van der Waals surface area contributed by atoms with E-state index in [0.717, 1.165) is 16.6 Å². The minimum atomic E-state index is 0.0248. The smallest absolute Gasteiger partial charge is 0.161 e. The van der Waals surface area contributed by atoms with E-state index in [0.29, 0.717) is 18.3 Å². The van der Waals surface area contributed by atoms with Crippen LogP contribution >= 0.6 is 11.3 Å². The molecule has 0 aliphatic rings. The van der Waals surface area contributed by atoms with Crippen molar-refractivity contribution in [3.63, 3.8) is 0 Å². The van der Waals surface area contributed by atoms with Crippen molar-refractivity contribution in [3.05, 3.63) is 156 Å². The fourth-order valence-electron chi connectivity index (χ4n) is 6.64. The minimum Gasteiger partial charge on any atom is -0.319 e. The second kappa shape index (κ2) is 12.4. The van der Waals surface area contributed by atoms with Crippen molar-refractivity contribution in [2.45, 2.75) is 32.9 Å². The van der Waals surface area contributed by atoms with Crippen molar-refractivity contribution >= 4 is 71.7 Å². The quantitative estimate of drug-likeness (QED) is 0.131. The highest BCUT2D eigenvalue weighted by Crippen LogP contribution is 2.43. The van der Waals surface area contributed by atoms with Gasteiger partial charge in [-0.15, -0.1) is 11.3 Å². The zero-order valence-corrected chi connectivity index (χ0v) is 28.7. The van der Waals surface area contributed by atoms with Gasteiger partial charge in [-0.2, -0.15) is 0 Å². The molecule has 0 amide bonds. The number of rotatable bonds is 5. The Hall–Kier alpha value is -5.65. The van der Waals surface area contributed by atoms with Gasteiger partial charge < -0.3 is 4.57 Å². The molecule has 0 spiro atoms. The summed E-state index contributed by atoms with van der Waals surface area (Å²) in [5, 5.41) is 5.02. The van der Waals surface area contributed by atoms with Gasteiger partial charge in [-0.05, 0) is 53.1 Å². The van der Waals surface area contributed by atoms with Crippen molar-refractivity contribution in [2.24, 2.45) is 15.0 Å². The van der Waals surface area contributed by atoms with Crippen LogP contribution in [0, 0.1) is 0 Å². The van der Waals surface area contributed by atoms with Gasteiger partial charge in [0.05, 0.1) is 15.7 Å². The summed E-state index contributed by atoms with van der Waals surface area (Å²) < 4.78 is 4.91. The van der Waals surface area contributed by atoms with Crippen molar-refractivity contribution < 1.29 is 0 Å². The molecule has 238 valence electrons. The molecule has 8 aromatic rings. The molecule has 0 atom stereocenters. The monoisotopic (exact) mass is 652 g/mol. The first-order chi connectivity index (χ1) is 23.9. The van der Waals surface area contributed by atoms with E-state index in [1.165, 1.54) is 53.2 Å².